The highest BCUT2D eigenvalue weighted by Crippen LogP contribution is 2.37. The Balaban J connectivity index is 2.54. The van der Waals surface area contributed by atoms with Crippen LogP contribution in [0.3, 0.4) is 0 Å². The van der Waals surface area contributed by atoms with Gasteiger partial charge < -0.3 is 0 Å². The van der Waals surface area contributed by atoms with Gasteiger partial charge >= 0.3 is 11.8 Å². The fraction of sp³-hybridized carbons (Fsp3) is 0.769. The molecule has 0 N–H and O–H groups in total. The van der Waals surface area contributed by atoms with Gasteiger partial charge in [0.2, 0.25) is 0 Å². The number of rotatable bonds is 7. The van der Waals surface area contributed by atoms with Gasteiger partial charge in [-0.2, -0.15) is 0 Å². The van der Waals surface area contributed by atoms with Gasteiger partial charge in [-0.15, -0.1) is 3.89 Å². The summed E-state index contributed by atoms with van der Waals surface area (Å²) in [6.07, 6.45) is 6.38. The van der Waals surface area contributed by atoms with Crippen molar-refractivity contribution in [3.63, 3.8) is 0 Å². The number of hydrogen-bond acceptors (Lipinski definition) is 3. The van der Waals surface area contributed by atoms with Crippen LogP contribution in [0.4, 0.5) is 0 Å². The minimum absolute atomic E-state index is 0.0334. The molecule has 3 nitrogen and oxygen atoms in total. The van der Waals surface area contributed by atoms with Crippen LogP contribution in [0.1, 0.15) is 58.8 Å². The molecule has 17 heavy (non-hydrogen) atoms. The van der Waals surface area contributed by atoms with Gasteiger partial charge in [0.25, 0.3) is 0 Å². The first-order chi connectivity index (χ1) is 8.04. The number of nitrogens with zero attached hydrogens (tertiary/aromatic N) is 1. The molecule has 0 spiro atoms. The van der Waals surface area contributed by atoms with Crippen molar-refractivity contribution in [1.29, 1.82) is 0 Å². The molecule has 1 unspecified atom stereocenters. The molecule has 1 heterocycles. The van der Waals surface area contributed by atoms with Gasteiger partial charge in [0.1, 0.15) is 0 Å². The second-order valence-electron chi connectivity index (χ2n) is 4.66. The van der Waals surface area contributed by atoms with E-state index in [4.69, 9.17) is 0 Å². The molecule has 1 aliphatic rings. The summed E-state index contributed by atoms with van der Waals surface area (Å²) < 4.78 is -0.273. The average molecular weight is 257 g/mol. The van der Waals surface area contributed by atoms with Crippen LogP contribution in [0.15, 0.2) is 0 Å². The van der Waals surface area contributed by atoms with Crippen molar-refractivity contribution in [3.8, 4) is 0 Å². The summed E-state index contributed by atoms with van der Waals surface area (Å²) in [6.45, 7) is 4.29. The smallest absolute Gasteiger partial charge is 0.229 e. The second-order valence-corrected chi connectivity index (χ2v) is 6.16. The number of unbranched alkanes of at least 4 members (excludes halogenated alkanes) is 2. The highest BCUT2D eigenvalue weighted by Gasteiger charge is 2.49. The molecule has 0 aromatic rings. The maximum atomic E-state index is 11.8. The highest BCUT2D eigenvalue weighted by molar-refractivity contribution is 7.95. The van der Waals surface area contributed by atoms with Crippen LogP contribution in [0, 0.1) is 7.05 Å². The Morgan fingerprint density at radius 3 is 2.29 bits per heavy atom. The molecule has 2 amide bonds. The number of likely N-dealkylation sites (tertiary alicyclic amines) is 1. The zero-order valence-corrected chi connectivity index (χ0v) is 11.7. The summed E-state index contributed by atoms with van der Waals surface area (Å²) in [7, 11) is 3.85. The third kappa shape index (κ3) is 3.55. The van der Waals surface area contributed by atoms with Crippen molar-refractivity contribution in [2.24, 2.45) is 0 Å². The zero-order chi connectivity index (χ0) is 12.9. The van der Waals surface area contributed by atoms with E-state index in [0.717, 1.165) is 12.8 Å². The monoisotopic (exact) mass is 257 g/mol. The Bertz CT molecular complexity index is 275. The molecule has 0 aliphatic carbocycles. The topological polar surface area (TPSA) is 34.1 Å². The predicted octanol–water partition coefficient (Wildman–Crippen LogP) is 3.45. The molecule has 1 fully saturated rings. The summed E-state index contributed by atoms with van der Waals surface area (Å²) in [5, 5.41) is 0.366. The van der Waals surface area contributed by atoms with Gasteiger partial charge in [-0.25, -0.2) is 9.59 Å². The van der Waals surface area contributed by atoms with Crippen LogP contribution in [0.25, 0.3) is 0 Å². The lowest BCUT2D eigenvalue weighted by molar-refractivity contribution is -0.576. The van der Waals surface area contributed by atoms with Crippen LogP contribution < -0.4 is 0 Å². The lowest BCUT2D eigenvalue weighted by Crippen LogP contribution is -2.41. The molecule has 97 valence electrons. The highest BCUT2D eigenvalue weighted by atomic mass is 32.2. The maximum absolute atomic E-state index is 11.8. The van der Waals surface area contributed by atoms with Crippen molar-refractivity contribution in [2.45, 2.75) is 64.0 Å². The third-order valence-electron chi connectivity index (χ3n) is 3.27. The summed E-state index contributed by atoms with van der Waals surface area (Å²) >= 11 is 1.45. The first-order valence-electron chi connectivity index (χ1n) is 6.53. The number of carbonyl (C=O) groups excluding carboxylic acids is 2. The number of imide groups is 1. The van der Waals surface area contributed by atoms with E-state index in [0.29, 0.717) is 18.1 Å². The van der Waals surface area contributed by atoms with Crippen LogP contribution in [-0.4, -0.2) is 21.0 Å². The first-order valence-corrected chi connectivity index (χ1v) is 7.36. The van der Waals surface area contributed by atoms with E-state index in [-0.39, 0.29) is 15.7 Å². The van der Waals surface area contributed by atoms with Crippen LogP contribution in [0.2, 0.25) is 0 Å². The largest absolute Gasteiger partial charge is 0.333 e. The van der Waals surface area contributed by atoms with E-state index in [1.165, 1.54) is 31.2 Å². The van der Waals surface area contributed by atoms with Crippen molar-refractivity contribution >= 4 is 23.8 Å². The third-order valence-corrected chi connectivity index (χ3v) is 4.91. The summed E-state index contributed by atoms with van der Waals surface area (Å²) in [5.74, 6) is -0.0668. The van der Waals surface area contributed by atoms with Crippen molar-refractivity contribution < 1.29 is 13.5 Å². The van der Waals surface area contributed by atoms with Crippen molar-refractivity contribution in [3.05, 3.63) is 7.05 Å². The number of hydrogen-bond donors (Lipinski definition) is 0. The summed E-state index contributed by atoms with van der Waals surface area (Å²) in [5.41, 5.74) is 0. The van der Waals surface area contributed by atoms with Crippen LogP contribution in [0.5, 0.6) is 0 Å². The van der Waals surface area contributed by atoms with Gasteiger partial charge in [-0.3, -0.25) is 0 Å². The quantitative estimate of drug-likeness (QED) is 0.303. The van der Waals surface area contributed by atoms with E-state index in [9.17, 15) is 9.59 Å². The molecule has 4 heteroatoms. The minimum atomic E-state index is -0.273. The van der Waals surface area contributed by atoms with Gasteiger partial charge in [0, 0.05) is 0 Å². The Morgan fingerprint density at radius 1 is 1.24 bits per heavy atom. The molecule has 1 atom stereocenters. The van der Waals surface area contributed by atoms with Gasteiger partial charge in [-0.1, -0.05) is 33.1 Å². The molecule has 0 bridgehead atoms. The molecule has 0 aromatic heterocycles. The van der Waals surface area contributed by atoms with E-state index >= 15 is 0 Å². The molecule has 0 saturated carbocycles. The predicted molar refractivity (Wildman–Crippen MR) is 70.7 cm³/mol. The molecular weight excluding hydrogens is 234 g/mol. The fourth-order valence-electron chi connectivity index (χ4n) is 2.04. The lowest BCUT2D eigenvalue weighted by Gasteiger charge is -2.24. The Morgan fingerprint density at radius 2 is 1.82 bits per heavy atom. The van der Waals surface area contributed by atoms with Crippen LogP contribution >= 0.6 is 11.9 Å². The Kier molecular flexibility index (Phi) is 5.67. The van der Waals surface area contributed by atoms with E-state index in [1.54, 1.807) is 0 Å². The average Bonchev–Trinajstić information content (AvgIpc) is 2.56. The number of quaternary nitrogens is 1. The van der Waals surface area contributed by atoms with Crippen molar-refractivity contribution in [1.82, 2.24) is 0 Å². The molecule has 1 rings (SSSR count). The van der Waals surface area contributed by atoms with Crippen molar-refractivity contribution in [2.75, 3.05) is 0 Å². The van der Waals surface area contributed by atoms with Gasteiger partial charge in [0.15, 0.2) is 7.05 Å². The molecule has 1 saturated heterocycles. The minimum Gasteiger partial charge on any atom is -0.229 e. The van der Waals surface area contributed by atoms with E-state index in [2.05, 4.69) is 20.9 Å². The van der Waals surface area contributed by atoms with Crippen LogP contribution in [-0.2, 0) is 9.59 Å². The number of carbonyl (C=O) groups is 2. The Hall–Kier alpha value is -0.350. The molecule has 1 radical (unpaired) electrons. The lowest BCUT2D eigenvalue weighted by atomic mass is 10.1. The summed E-state index contributed by atoms with van der Waals surface area (Å²) in [6, 6.07) is 0. The first kappa shape index (κ1) is 14.7. The molecule has 1 aliphatic heterocycles. The van der Waals surface area contributed by atoms with E-state index < -0.39 is 0 Å². The normalized spacial score (nSPS) is 20.9. The second kappa shape index (κ2) is 6.55. The molecular formula is C13H23NO2S+. The van der Waals surface area contributed by atoms with Gasteiger partial charge in [-0.05, 0) is 12.8 Å². The number of amides is 2. The summed E-state index contributed by atoms with van der Waals surface area (Å²) in [4.78, 5) is 23.5. The maximum Gasteiger partial charge on any atom is 0.333 e. The Labute approximate surface area is 109 Å². The fourth-order valence-corrected chi connectivity index (χ4v) is 3.39. The van der Waals surface area contributed by atoms with Gasteiger partial charge in [0.05, 0.1) is 30.0 Å². The SMILES string of the molecule is [CH2][N+]1(SC(CC)CCCCC)C(=O)CCC1=O. The molecule has 0 aromatic carbocycles. The standard InChI is InChI=1S/C13H23NO2S/c1-4-6-7-8-11(5-2)17-14(3)12(15)9-10-13(14)16/h11H,3-10H2,1-2H3/q+1. The van der Waals surface area contributed by atoms with E-state index in [1.807, 2.05) is 0 Å². The zero-order valence-electron chi connectivity index (χ0n) is 10.9.